The van der Waals surface area contributed by atoms with Gasteiger partial charge in [0.1, 0.15) is 5.82 Å². The summed E-state index contributed by atoms with van der Waals surface area (Å²) in [5.74, 6) is 0.147. The third-order valence-electron chi connectivity index (χ3n) is 2.60. The molecule has 1 aromatic heterocycles. The average Bonchev–Trinajstić information content (AvgIpc) is 2.34. The smallest absolute Gasteiger partial charge is 0.212 e. The van der Waals surface area contributed by atoms with Crippen LogP contribution in [0.25, 0.3) is 11.1 Å². The number of rotatable bonds is 2. The molecule has 4 heteroatoms. The molecule has 1 heterocycles. The second kappa shape index (κ2) is 4.41. The van der Waals surface area contributed by atoms with Crippen LogP contribution in [0.5, 0.6) is 5.88 Å². The minimum atomic E-state index is -0.396. The molecule has 2 N–H and O–H groups in total. The van der Waals surface area contributed by atoms with Crippen molar-refractivity contribution < 1.29 is 9.13 Å². The van der Waals surface area contributed by atoms with Crippen molar-refractivity contribution in [3.63, 3.8) is 0 Å². The normalized spacial score (nSPS) is 10.3. The Morgan fingerprint density at radius 1 is 1.29 bits per heavy atom. The lowest BCUT2D eigenvalue weighted by atomic mass is 10.0. The molecular weight excluding hydrogens is 219 g/mol. The van der Waals surface area contributed by atoms with Crippen molar-refractivity contribution in [2.24, 2.45) is 0 Å². The van der Waals surface area contributed by atoms with E-state index in [1.54, 1.807) is 25.4 Å². The summed E-state index contributed by atoms with van der Waals surface area (Å²) in [7, 11) is 1.56. The van der Waals surface area contributed by atoms with Crippen LogP contribution in [-0.2, 0) is 0 Å². The maximum absolute atomic E-state index is 13.2. The van der Waals surface area contributed by atoms with Gasteiger partial charge >= 0.3 is 0 Å². The average molecular weight is 232 g/mol. The van der Waals surface area contributed by atoms with Gasteiger partial charge in [0.15, 0.2) is 0 Å². The first-order chi connectivity index (χ1) is 8.11. The monoisotopic (exact) mass is 232 g/mol. The summed E-state index contributed by atoms with van der Waals surface area (Å²) in [5.41, 5.74) is 8.28. The second-order valence-electron chi connectivity index (χ2n) is 3.78. The van der Waals surface area contributed by atoms with E-state index in [4.69, 9.17) is 10.5 Å². The van der Waals surface area contributed by atoms with E-state index in [0.29, 0.717) is 5.88 Å². The molecule has 0 fully saturated rings. The molecule has 0 bridgehead atoms. The maximum atomic E-state index is 13.2. The number of nitrogens with two attached hydrogens (primary N) is 1. The van der Waals surface area contributed by atoms with Gasteiger partial charge in [0.2, 0.25) is 5.88 Å². The molecule has 0 amide bonds. The minimum Gasteiger partial charge on any atom is -0.481 e. The quantitative estimate of drug-likeness (QED) is 0.810. The van der Waals surface area contributed by atoms with Crippen molar-refractivity contribution in [2.75, 3.05) is 12.8 Å². The van der Waals surface area contributed by atoms with Gasteiger partial charge in [-0.05, 0) is 36.2 Å². The van der Waals surface area contributed by atoms with Gasteiger partial charge in [-0.15, -0.1) is 0 Å². The highest BCUT2D eigenvalue weighted by atomic mass is 19.1. The van der Waals surface area contributed by atoms with Crippen molar-refractivity contribution >= 4 is 5.69 Å². The molecule has 0 spiro atoms. The van der Waals surface area contributed by atoms with Crippen molar-refractivity contribution in [1.29, 1.82) is 0 Å². The number of nitrogen functional groups attached to an aromatic ring is 1. The number of nitrogens with zero attached hydrogens (tertiary/aromatic N) is 1. The van der Waals surface area contributed by atoms with Crippen molar-refractivity contribution in [1.82, 2.24) is 4.98 Å². The number of methoxy groups -OCH3 is 1. The number of hydrogen-bond acceptors (Lipinski definition) is 3. The summed E-state index contributed by atoms with van der Waals surface area (Å²) in [6, 6.07) is 6.67. The number of hydrogen-bond donors (Lipinski definition) is 1. The van der Waals surface area contributed by atoms with Gasteiger partial charge < -0.3 is 10.5 Å². The van der Waals surface area contributed by atoms with E-state index >= 15 is 0 Å². The van der Waals surface area contributed by atoms with Gasteiger partial charge in [-0.3, -0.25) is 0 Å². The second-order valence-corrected chi connectivity index (χ2v) is 3.78. The minimum absolute atomic E-state index is 0.140. The Morgan fingerprint density at radius 2 is 2.06 bits per heavy atom. The zero-order valence-corrected chi connectivity index (χ0v) is 9.70. The molecule has 2 rings (SSSR count). The number of anilines is 1. The molecule has 0 saturated carbocycles. The molecule has 0 aliphatic rings. The SMILES string of the molecule is COc1ccc(-c2cc(N)c(F)cc2C)cn1. The molecule has 0 aliphatic carbocycles. The molecule has 0 radical (unpaired) electrons. The van der Waals surface area contributed by atoms with E-state index in [1.807, 2.05) is 13.0 Å². The lowest BCUT2D eigenvalue weighted by molar-refractivity contribution is 0.398. The predicted octanol–water partition coefficient (Wildman–Crippen LogP) is 2.79. The Morgan fingerprint density at radius 3 is 2.65 bits per heavy atom. The first kappa shape index (κ1) is 11.4. The number of aryl methyl sites for hydroxylation is 1. The molecule has 17 heavy (non-hydrogen) atoms. The van der Waals surface area contributed by atoms with E-state index in [2.05, 4.69) is 4.98 Å². The fourth-order valence-corrected chi connectivity index (χ4v) is 1.66. The summed E-state index contributed by atoms with van der Waals surface area (Å²) in [5, 5.41) is 0. The lowest BCUT2D eigenvalue weighted by Crippen LogP contribution is -1.94. The Labute approximate surface area is 99.1 Å². The molecular formula is C13H13FN2O. The van der Waals surface area contributed by atoms with Gasteiger partial charge in [-0.1, -0.05) is 0 Å². The molecule has 0 aliphatic heterocycles. The van der Waals surface area contributed by atoms with Crippen LogP contribution in [0.15, 0.2) is 30.5 Å². The summed E-state index contributed by atoms with van der Waals surface area (Å²) < 4.78 is 18.2. The van der Waals surface area contributed by atoms with Gasteiger partial charge in [-0.2, -0.15) is 0 Å². The summed E-state index contributed by atoms with van der Waals surface area (Å²) >= 11 is 0. The summed E-state index contributed by atoms with van der Waals surface area (Å²) in [6.07, 6.45) is 1.68. The highest BCUT2D eigenvalue weighted by Gasteiger charge is 2.07. The Hall–Kier alpha value is -2.10. The Bertz CT molecular complexity index is 538. The van der Waals surface area contributed by atoms with E-state index in [-0.39, 0.29) is 5.69 Å². The highest BCUT2D eigenvalue weighted by Crippen LogP contribution is 2.27. The highest BCUT2D eigenvalue weighted by molar-refractivity contribution is 5.70. The third kappa shape index (κ3) is 2.20. The predicted molar refractivity (Wildman–Crippen MR) is 65.3 cm³/mol. The van der Waals surface area contributed by atoms with Crippen LogP contribution in [0.3, 0.4) is 0 Å². The largest absolute Gasteiger partial charge is 0.481 e. The van der Waals surface area contributed by atoms with Crippen LogP contribution in [-0.4, -0.2) is 12.1 Å². The van der Waals surface area contributed by atoms with Gasteiger partial charge in [-0.25, -0.2) is 9.37 Å². The number of ether oxygens (including phenoxy) is 1. The lowest BCUT2D eigenvalue weighted by Gasteiger charge is -2.08. The van der Waals surface area contributed by atoms with E-state index in [1.165, 1.54) is 6.07 Å². The zero-order chi connectivity index (χ0) is 12.4. The van der Waals surface area contributed by atoms with Gasteiger partial charge in [0, 0.05) is 17.8 Å². The van der Waals surface area contributed by atoms with Gasteiger partial charge in [0.05, 0.1) is 12.8 Å². The molecule has 0 saturated heterocycles. The van der Waals surface area contributed by atoms with Crippen molar-refractivity contribution in [2.45, 2.75) is 6.92 Å². The molecule has 0 atom stereocenters. The Kier molecular flexibility index (Phi) is 2.95. The summed E-state index contributed by atoms with van der Waals surface area (Å²) in [6.45, 7) is 1.84. The fraction of sp³-hybridized carbons (Fsp3) is 0.154. The molecule has 1 aromatic carbocycles. The molecule has 3 nitrogen and oxygen atoms in total. The van der Waals surface area contributed by atoms with Crippen molar-refractivity contribution in [3.05, 3.63) is 41.8 Å². The number of pyridine rings is 1. The van der Waals surface area contributed by atoms with Crippen LogP contribution in [0, 0.1) is 12.7 Å². The number of aromatic nitrogens is 1. The third-order valence-corrected chi connectivity index (χ3v) is 2.60. The van der Waals surface area contributed by atoms with E-state index in [0.717, 1.165) is 16.7 Å². The van der Waals surface area contributed by atoms with Crippen LogP contribution in [0.2, 0.25) is 0 Å². The standard InChI is InChI=1S/C13H13FN2O/c1-8-5-11(14)12(15)6-10(8)9-3-4-13(17-2)16-7-9/h3-7H,15H2,1-2H3. The first-order valence-electron chi connectivity index (χ1n) is 5.18. The van der Waals surface area contributed by atoms with Crippen LogP contribution < -0.4 is 10.5 Å². The van der Waals surface area contributed by atoms with Crippen molar-refractivity contribution in [3.8, 4) is 17.0 Å². The Balaban J connectivity index is 2.48. The fourth-order valence-electron chi connectivity index (χ4n) is 1.66. The first-order valence-corrected chi connectivity index (χ1v) is 5.18. The van der Waals surface area contributed by atoms with E-state index in [9.17, 15) is 4.39 Å². The van der Waals surface area contributed by atoms with Crippen LogP contribution in [0.1, 0.15) is 5.56 Å². The molecule has 0 unspecified atom stereocenters. The number of benzene rings is 1. The molecule has 88 valence electrons. The van der Waals surface area contributed by atoms with Crippen LogP contribution >= 0.6 is 0 Å². The molecule has 2 aromatic rings. The van der Waals surface area contributed by atoms with Gasteiger partial charge in [0.25, 0.3) is 0 Å². The topological polar surface area (TPSA) is 48.1 Å². The van der Waals surface area contributed by atoms with Crippen LogP contribution in [0.4, 0.5) is 10.1 Å². The number of halogens is 1. The zero-order valence-electron chi connectivity index (χ0n) is 9.70. The van der Waals surface area contributed by atoms with E-state index < -0.39 is 5.82 Å². The summed E-state index contributed by atoms with van der Waals surface area (Å²) in [4.78, 5) is 4.11. The maximum Gasteiger partial charge on any atom is 0.212 e.